The number of fused-ring (bicyclic) bond motifs is 2. The molecule has 0 bridgehead atoms. The van der Waals surface area contributed by atoms with E-state index in [2.05, 4.69) is 5.32 Å². The highest BCUT2D eigenvalue weighted by atomic mass is 19.3. The van der Waals surface area contributed by atoms with Crippen LogP contribution < -0.4 is 10.1 Å². The van der Waals surface area contributed by atoms with Crippen LogP contribution in [-0.4, -0.2) is 24.7 Å². The van der Waals surface area contributed by atoms with E-state index >= 15 is 0 Å². The van der Waals surface area contributed by atoms with Crippen LogP contribution in [0, 0.1) is 5.92 Å². The molecule has 6 heteroatoms. The first kappa shape index (κ1) is 18.2. The molecule has 1 N–H and O–H groups in total. The van der Waals surface area contributed by atoms with Crippen LogP contribution in [0.2, 0.25) is 0 Å². The Balaban J connectivity index is 1.76. The highest BCUT2D eigenvalue weighted by molar-refractivity contribution is 5.88. The number of ether oxygens (including phenoxy) is 2. The Morgan fingerprint density at radius 1 is 1.22 bits per heavy atom. The number of rotatable bonds is 4. The minimum absolute atomic E-state index is 0.0212. The lowest BCUT2D eigenvalue weighted by Crippen LogP contribution is -2.47. The van der Waals surface area contributed by atoms with Crippen molar-refractivity contribution in [1.29, 1.82) is 0 Å². The van der Waals surface area contributed by atoms with Crippen LogP contribution in [0.1, 0.15) is 44.3 Å². The molecule has 1 aliphatic carbocycles. The van der Waals surface area contributed by atoms with Crippen molar-refractivity contribution in [3.8, 4) is 5.75 Å². The molecule has 0 spiro atoms. The first-order valence-electron chi connectivity index (χ1n) is 9.42. The van der Waals surface area contributed by atoms with Crippen molar-refractivity contribution in [2.45, 2.75) is 57.5 Å². The second-order valence-corrected chi connectivity index (χ2v) is 7.38. The molecule has 1 heterocycles. The minimum atomic E-state index is -2.90. The average Bonchev–Trinajstić information content (AvgIpc) is 3.09. The molecule has 27 heavy (non-hydrogen) atoms. The molecule has 0 aromatic heterocycles. The zero-order chi connectivity index (χ0) is 19.0. The van der Waals surface area contributed by atoms with Gasteiger partial charge in [0.05, 0.1) is 12.2 Å². The molecule has 2 aliphatic rings. The van der Waals surface area contributed by atoms with Crippen molar-refractivity contribution < 1.29 is 23.0 Å². The summed E-state index contributed by atoms with van der Waals surface area (Å²) in [5.74, 6) is 0.347. The molecule has 1 amide bonds. The molecule has 4 atom stereocenters. The minimum Gasteiger partial charge on any atom is -0.434 e. The third-order valence-electron chi connectivity index (χ3n) is 5.68. The lowest BCUT2D eigenvalue weighted by atomic mass is 9.84. The molecule has 4 nitrogen and oxygen atoms in total. The standard InChI is InChI=1S/C21H23F2NO3/c1-12(25)24-16-11-19(26-17-8-4-7-15(16)17)20-14-6-3-2-5-13(14)9-10-18(20)27-21(22)23/h2-3,5-6,9-10,15-17,19,21H,4,7-8,11H2,1H3,(H,24,25)/t15-,16+,17+,19+/m0/s1. The summed E-state index contributed by atoms with van der Waals surface area (Å²) in [5.41, 5.74) is 0.647. The molecule has 0 radical (unpaired) electrons. The van der Waals surface area contributed by atoms with Crippen LogP contribution in [-0.2, 0) is 9.53 Å². The Morgan fingerprint density at radius 3 is 2.81 bits per heavy atom. The van der Waals surface area contributed by atoms with Crippen LogP contribution >= 0.6 is 0 Å². The van der Waals surface area contributed by atoms with Crippen molar-refractivity contribution >= 4 is 16.7 Å². The maximum Gasteiger partial charge on any atom is 0.387 e. The van der Waals surface area contributed by atoms with Gasteiger partial charge in [-0.15, -0.1) is 0 Å². The lowest BCUT2D eigenvalue weighted by molar-refractivity contribution is -0.124. The van der Waals surface area contributed by atoms with E-state index in [9.17, 15) is 13.6 Å². The number of alkyl halides is 2. The molecule has 2 aromatic carbocycles. The number of amides is 1. The monoisotopic (exact) mass is 375 g/mol. The summed E-state index contributed by atoms with van der Waals surface area (Å²) < 4.78 is 37.2. The quantitative estimate of drug-likeness (QED) is 0.851. The Labute approximate surface area is 156 Å². The predicted octanol–water partition coefficient (Wildman–Crippen LogP) is 4.58. The molecule has 1 aliphatic heterocycles. The maximum atomic E-state index is 13.0. The van der Waals surface area contributed by atoms with Crippen LogP contribution in [0.25, 0.3) is 10.8 Å². The van der Waals surface area contributed by atoms with Gasteiger partial charge in [0.25, 0.3) is 0 Å². The van der Waals surface area contributed by atoms with Gasteiger partial charge in [-0.05, 0) is 36.1 Å². The van der Waals surface area contributed by atoms with Crippen molar-refractivity contribution in [3.63, 3.8) is 0 Å². The van der Waals surface area contributed by atoms with E-state index in [1.165, 1.54) is 6.92 Å². The summed E-state index contributed by atoms with van der Waals surface area (Å²) in [4.78, 5) is 11.7. The maximum absolute atomic E-state index is 13.0. The molecule has 2 fully saturated rings. The molecular formula is C21H23F2NO3. The van der Waals surface area contributed by atoms with Crippen LogP contribution in [0.4, 0.5) is 8.78 Å². The number of carbonyl (C=O) groups excluding carboxylic acids is 1. The van der Waals surface area contributed by atoms with Gasteiger partial charge in [0.2, 0.25) is 5.91 Å². The number of hydrogen-bond acceptors (Lipinski definition) is 3. The van der Waals surface area contributed by atoms with E-state index in [-0.39, 0.29) is 29.7 Å². The van der Waals surface area contributed by atoms with Gasteiger partial charge in [0.15, 0.2) is 0 Å². The fraction of sp³-hybridized carbons (Fsp3) is 0.476. The van der Waals surface area contributed by atoms with Crippen LogP contribution in [0.5, 0.6) is 5.75 Å². The third kappa shape index (κ3) is 3.63. The van der Waals surface area contributed by atoms with Crippen molar-refractivity contribution in [3.05, 3.63) is 42.0 Å². The van der Waals surface area contributed by atoms with Gasteiger partial charge in [-0.3, -0.25) is 4.79 Å². The van der Waals surface area contributed by atoms with Crippen LogP contribution in [0.3, 0.4) is 0 Å². The molecule has 1 saturated heterocycles. The van der Waals surface area contributed by atoms with E-state index in [1.807, 2.05) is 24.3 Å². The summed E-state index contributed by atoms with van der Waals surface area (Å²) in [6.45, 7) is -1.39. The second-order valence-electron chi connectivity index (χ2n) is 7.38. The Hall–Kier alpha value is -2.21. The number of nitrogens with one attached hydrogen (secondary N) is 1. The Kier molecular flexibility index (Phi) is 5.00. The van der Waals surface area contributed by atoms with Crippen molar-refractivity contribution in [1.82, 2.24) is 5.32 Å². The number of halogens is 2. The number of carbonyl (C=O) groups is 1. The highest BCUT2D eigenvalue weighted by Crippen LogP contribution is 2.46. The van der Waals surface area contributed by atoms with Gasteiger partial charge in [-0.2, -0.15) is 8.78 Å². The zero-order valence-corrected chi connectivity index (χ0v) is 15.2. The van der Waals surface area contributed by atoms with Gasteiger partial charge >= 0.3 is 6.61 Å². The first-order chi connectivity index (χ1) is 13.0. The summed E-state index contributed by atoms with van der Waals surface area (Å²) in [5, 5.41) is 4.85. The molecule has 4 rings (SSSR count). The smallest absolute Gasteiger partial charge is 0.387 e. The third-order valence-corrected chi connectivity index (χ3v) is 5.68. The second kappa shape index (κ2) is 7.43. The molecule has 1 saturated carbocycles. The molecule has 2 aromatic rings. The molecule has 144 valence electrons. The number of hydrogen-bond donors (Lipinski definition) is 1. The highest BCUT2D eigenvalue weighted by Gasteiger charge is 2.43. The van der Waals surface area contributed by atoms with E-state index < -0.39 is 12.7 Å². The SMILES string of the molecule is CC(=O)N[C@@H]1C[C@H](c2c(OC(F)F)ccc3ccccc23)O[C@@H]2CCC[C@@H]12. The van der Waals surface area contributed by atoms with E-state index in [1.54, 1.807) is 12.1 Å². The predicted molar refractivity (Wildman–Crippen MR) is 97.8 cm³/mol. The molecular weight excluding hydrogens is 352 g/mol. The first-order valence-corrected chi connectivity index (χ1v) is 9.42. The normalized spacial score (nSPS) is 27.6. The largest absolute Gasteiger partial charge is 0.434 e. The van der Waals surface area contributed by atoms with Gasteiger partial charge in [-0.25, -0.2) is 0 Å². The summed E-state index contributed by atoms with van der Waals surface area (Å²) in [6, 6.07) is 11.0. The van der Waals surface area contributed by atoms with E-state index in [0.717, 1.165) is 30.0 Å². The zero-order valence-electron chi connectivity index (χ0n) is 15.2. The van der Waals surface area contributed by atoms with E-state index in [0.29, 0.717) is 12.0 Å². The molecule has 0 unspecified atom stereocenters. The fourth-order valence-corrected chi connectivity index (χ4v) is 4.68. The Bertz CT molecular complexity index is 841. The van der Waals surface area contributed by atoms with E-state index in [4.69, 9.17) is 9.47 Å². The van der Waals surface area contributed by atoms with Crippen LogP contribution in [0.15, 0.2) is 36.4 Å². The summed E-state index contributed by atoms with van der Waals surface area (Å²) in [6.07, 6.45) is 3.16. The topological polar surface area (TPSA) is 47.6 Å². The lowest BCUT2D eigenvalue weighted by Gasteiger charge is -2.40. The van der Waals surface area contributed by atoms with Crippen molar-refractivity contribution in [2.24, 2.45) is 5.92 Å². The fourth-order valence-electron chi connectivity index (χ4n) is 4.68. The van der Waals surface area contributed by atoms with Crippen molar-refractivity contribution in [2.75, 3.05) is 0 Å². The van der Waals surface area contributed by atoms with Gasteiger partial charge in [0, 0.05) is 24.4 Å². The van der Waals surface area contributed by atoms with Gasteiger partial charge < -0.3 is 14.8 Å². The van der Waals surface area contributed by atoms with Gasteiger partial charge in [0.1, 0.15) is 5.75 Å². The number of benzene rings is 2. The average molecular weight is 375 g/mol. The Morgan fingerprint density at radius 2 is 2.04 bits per heavy atom. The van der Waals surface area contributed by atoms with Gasteiger partial charge in [-0.1, -0.05) is 36.8 Å². The summed E-state index contributed by atoms with van der Waals surface area (Å²) >= 11 is 0. The summed E-state index contributed by atoms with van der Waals surface area (Å²) in [7, 11) is 0.